The molecule has 0 spiro atoms. The highest BCUT2D eigenvalue weighted by Gasteiger charge is 2.19. The SMILES string of the molecule is CCC(CNC(C)c1ccc(F)c(Cl)c1)NC(=O)OC(C)(C)C. The molecule has 0 radical (unpaired) electrons. The first kappa shape index (κ1) is 19.7. The monoisotopic (exact) mass is 344 g/mol. The van der Waals surface area contributed by atoms with E-state index < -0.39 is 17.5 Å². The Balaban J connectivity index is 2.53. The Bertz CT molecular complexity index is 532. The van der Waals surface area contributed by atoms with E-state index in [1.165, 1.54) is 6.07 Å². The number of rotatable bonds is 6. The van der Waals surface area contributed by atoms with Crippen molar-refractivity contribution in [3.63, 3.8) is 0 Å². The summed E-state index contributed by atoms with van der Waals surface area (Å²) in [5.41, 5.74) is 0.372. The van der Waals surface area contributed by atoms with Crippen LogP contribution in [0.15, 0.2) is 18.2 Å². The lowest BCUT2D eigenvalue weighted by Crippen LogP contribution is -2.44. The van der Waals surface area contributed by atoms with Crippen LogP contribution in [-0.2, 0) is 4.74 Å². The summed E-state index contributed by atoms with van der Waals surface area (Å²) in [6.07, 6.45) is 0.340. The van der Waals surface area contributed by atoms with Gasteiger partial charge in [-0.1, -0.05) is 24.6 Å². The van der Waals surface area contributed by atoms with Gasteiger partial charge in [-0.3, -0.25) is 0 Å². The number of carbonyl (C=O) groups is 1. The molecule has 0 saturated carbocycles. The van der Waals surface area contributed by atoms with E-state index in [1.54, 1.807) is 12.1 Å². The number of alkyl carbamates (subject to hydrolysis) is 1. The van der Waals surface area contributed by atoms with Gasteiger partial charge in [-0.2, -0.15) is 0 Å². The first-order valence-electron chi connectivity index (χ1n) is 7.80. The van der Waals surface area contributed by atoms with E-state index in [-0.39, 0.29) is 17.1 Å². The molecule has 0 heterocycles. The van der Waals surface area contributed by atoms with Crippen LogP contribution in [0.25, 0.3) is 0 Å². The normalized spacial score (nSPS) is 14.2. The number of amides is 1. The standard InChI is InChI=1S/C17H26ClFN2O2/c1-6-13(21-16(22)23-17(3,4)5)10-20-11(2)12-7-8-15(19)14(18)9-12/h7-9,11,13,20H,6,10H2,1-5H3,(H,21,22). The minimum atomic E-state index is -0.520. The lowest BCUT2D eigenvalue weighted by molar-refractivity contribution is 0.0502. The molecule has 0 saturated heterocycles. The molecule has 0 aliphatic heterocycles. The maximum absolute atomic E-state index is 13.2. The molecule has 0 aliphatic carbocycles. The van der Waals surface area contributed by atoms with Gasteiger partial charge in [-0.05, 0) is 51.8 Å². The Hall–Kier alpha value is -1.33. The molecule has 4 nitrogen and oxygen atoms in total. The third-order valence-corrected chi connectivity index (χ3v) is 3.62. The summed E-state index contributed by atoms with van der Waals surface area (Å²) in [5.74, 6) is -0.430. The van der Waals surface area contributed by atoms with Gasteiger partial charge in [0.05, 0.1) is 5.02 Å². The van der Waals surface area contributed by atoms with Crippen molar-refractivity contribution in [2.45, 2.75) is 58.7 Å². The highest BCUT2D eigenvalue weighted by Crippen LogP contribution is 2.20. The summed E-state index contributed by atoms with van der Waals surface area (Å²) < 4.78 is 18.4. The van der Waals surface area contributed by atoms with E-state index in [2.05, 4.69) is 10.6 Å². The van der Waals surface area contributed by atoms with Gasteiger partial charge in [-0.25, -0.2) is 9.18 Å². The van der Waals surface area contributed by atoms with Crippen LogP contribution in [0.2, 0.25) is 5.02 Å². The fourth-order valence-electron chi connectivity index (χ4n) is 1.99. The first-order valence-corrected chi connectivity index (χ1v) is 8.18. The van der Waals surface area contributed by atoms with Crippen LogP contribution in [0, 0.1) is 5.82 Å². The number of benzene rings is 1. The average molecular weight is 345 g/mol. The van der Waals surface area contributed by atoms with Crippen molar-refractivity contribution in [1.82, 2.24) is 10.6 Å². The van der Waals surface area contributed by atoms with Crippen molar-refractivity contribution in [3.8, 4) is 0 Å². The Kier molecular flexibility index (Phi) is 7.29. The van der Waals surface area contributed by atoms with Gasteiger partial charge >= 0.3 is 6.09 Å². The van der Waals surface area contributed by atoms with Crippen molar-refractivity contribution < 1.29 is 13.9 Å². The molecule has 1 amide bonds. The largest absolute Gasteiger partial charge is 0.444 e. The predicted octanol–water partition coefficient (Wildman–Crippen LogP) is 4.43. The number of nitrogens with one attached hydrogen (secondary N) is 2. The fraction of sp³-hybridized carbons (Fsp3) is 0.588. The van der Waals surface area contributed by atoms with E-state index in [9.17, 15) is 9.18 Å². The second kappa shape index (κ2) is 8.50. The predicted molar refractivity (Wildman–Crippen MR) is 91.3 cm³/mol. The third-order valence-electron chi connectivity index (χ3n) is 3.33. The summed E-state index contributed by atoms with van der Waals surface area (Å²) in [6, 6.07) is 4.59. The summed E-state index contributed by atoms with van der Waals surface area (Å²) in [6.45, 7) is 10.0. The van der Waals surface area contributed by atoms with E-state index >= 15 is 0 Å². The van der Waals surface area contributed by atoms with Crippen LogP contribution in [0.4, 0.5) is 9.18 Å². The van der Waals surface area contributed by atoms with E-state index in [1.807, 2.05) is 34.6 Å². The van der Waals surface area contributed by atoms with Crippen LogP contribution in [0.3, 0.4) is 0 Å². The molecule has 0 aromatic heterocycles. The minimum absolute atomic E-state index is 0.0115. The van der Waals surface area contributed by atoms with Gasteiger partial charge in [0.15, 0.2) is 0 Å². The summed E-state index contributed by atoms with van der Waals surface area (Å²) in [4.78, 5) is 11.8. The molecule has 1 aromatic carbocycles. The molecule has 0 bridgehead atoms. The van der Waals surface area contributed by atoms with Gasteiger partial charge in [0.2, 0.25) is 0 Å². The highest BCUT2D eigenvalue weighted by molar-refractivity contribution is 6.30. The molecule has 1 aromatic rings. The highest BCUT2D eigenvalue weighted by atomic mass is 35.5. The average Bonchev–Trinajstić information content (AvgIpc) is 2.44. The Morgan fingerprint density at radius 2 is 2.04 bits per heavy atom. The number of carbonyl (C=O) groups excluding carboxylic acids is 1. The van der Waals surface area contributed by atoms with Gasteiger partial charge in [0.1, 0.15) is 11.4 Å². The molecule has 1 rings (SSSR count). The summed E-state index contributed by atoms with van der Waals surface area (Å²) >= 11 is 5.80. The fourth-order valence-corrected chi connectivity index (χ4v) is 2.18. The zero-order valence-corrected chi connectivity index (χ0v) is 15.1. The van der Waals surface area contributed by atoms with Crippen LogP contribution in [-0.4, -0.2) is 24.3 Å². The molecule has 23 heavy (non-hydrogen) atoms. The molecule has 6 heteroatoms. The first-order chi connectivity index (χ1) is 10.6. The maximum Gasteiger partial charge on any atom is 0.407 e. The Labute approximate surface area is 142 Å². The Morgan fingerprint density at radius 3 is 2.57 bits per heavy atom. The van der Waals surface area contributed by atoms with Gasteiger partial charge in [0, 0.05) is 18.6 Å². The molecule has 2 atom stereocenters. The van der Waals surface area contributed by atoms with Crippen LogP contribution < -0.4 is 10.6 Å². The quantitative estimate of drug-likeness (QED) is 0.802. The maximum atomic E-state index is 13.2. The molecule has 0 fully saturated rings. The van der Waals surface area contributed by atoms with E-state index in [0.717, 1.165) is 12.0 Å². The molecular weight excluding hydrogens is 319 g/mol. The lowest BCUT2D eigenvalue weighted by Gasteiger charge is -2.24. The third kappa shape index (κ3) is 7.18. The van der Waals surface area contributed by atoms with Crippen LogP contribution in [0.5, 0.6) is 0 Å². The van der Waals surface area contributed by atoms with E-state index in [0.29, 0.717) is 6.54 Å². The number of hydrogen-bond donors (Lipinski definition) is 2. The van der Waals surface area contributed by atoms with Gasteiger partial charge in [0.25, 0.3) is 0 Å². The van der Waals surface area contributed by atoms with Gasteiger partial charge < -0.3 is 15.4 Å². The van der Waals surface area contributed by atoms with E-state index in [4.69, 9.17) is 16.3 Å². The molecule has 2 unspecified atom stereocenters. The summed E-state index contributed by atoms with van der Waals surface area (Å²) in [5, 5.41) is 6.26. The molecule has 130 valence electrons. The number of hydrogen-bond acceptors (Lipinski definition) is 3. The Morgan fingerprint density at radius 1 is 1.39 bits per heavy atom. The van der Waals surface area contributed by atoms with Gasteiger partial charge in [-0.15, -0.1) is 0 Å². The second-order valence-electron chi connectivity index (χ2n) is 6.55. The summed E-state index contributed by atoms with van der Waals surface area (Å²) in [7, 11) is 0. The number of halogens is 2. The molecule has 2 N–H and O–H groups in total. The molecular formula is C17H26ClFN2O2. The number of ether oxygens (including phenoxy) is 1. The zero-order chi connectivity index (χ0) is 17.6. The zero-order valence-electron chi connectivity index (χ0n) is 14.4. The lowest BCUT2D eigenvalue weighted by atomic mass is 10.1. The van der Waals surface area contributed by atoms with Crippen molar-refractivity contribution in [1.29, 1.82) is 0 Å². The van der Waals surface area contributed by atoms with Crippen molar-refractivity contribution in [3.05, 3.63) is 34.6 Å². The smallest absolute Gasteiger partial charge is 0.407 e. The topological polar surface area (TPSA) is 50.4 Å². The van der Waals surface area contributed by atoms with Crippen molar-refractivity contribution in [2.75, 3.05) is 6.54 Å². The minimum Gasteiger partial charge on any atom is -0.444 e. The molecule has 0 aliphatic rings. The van der Waals surface area contributed by atoms with Crippen LogP contribution >= 0.6 is 11.6 Å². The van der Waals surface area contributed by atoms with Crippen molar-refractivity contribution >= 4 is 17.7 Å². The second-order valence-corrected chi connectivity index (χ2v) is 6.96. The van der Waals surface area contributed by atoms with Crippen LogP contribution in [0.1, 0.15) is 52.6 Å². The van der Waals surface area contributed by atoms with Crippen molar-refractivity contribution in [2.24, 2.45) is 0 Å².